The quantitative estimate of drug-likeness (QED) is 0.489. The largest absolute Gasteiger partial charge is 0.388 e. The van der Waals surface area contributed by atoms with Crippen molar-refractivity contribution in [2.24, 2.45) is 0 Å². The Morgan fingerprint density at radius 1 is 1.78 bits per heavy atom. The lowest BCUT2D eigenvalue weighted by atomic mass is 10.3. The molecule has 0 unspecified atom stereocenters. The van der Waals surface area contributed by atoms with Crippen LogP contribution in [0.5, 0.6) is 0 Å². The van der Waals surface area contributed by atoms with Crippen molar-refractivity contribution < 1.29 is 10.0 Å². The van der Waals surface area contributed by atoms with Crippen LogP contribution < -0.4 is 4.90 Å². The molecule has 1 N–H and O–H groups in total. The van der Waals surface area contributed by atoms with Gasteiger partial charge >= 0.3 is 5.69 Å². The molecule has 5 nitrogen and oxygen atoms in total. The van der Waals surface area contributed by atoms with Gasteiger partial charge in [-0.2, -0.15) is 0 Å². The van der Waals surface area contributed by atoms with E-state index >= 15 is 0 Å². The van der Waals surface area contributed by atoms with E-state index < -0.39 is 6.10 Å². The molecule has 1 aliphatic carbocycles. The van der Waals surface area contributed by atoms with Crippen LogP contribution in [-0.2, 0) is 0 Å². The van der Waals surface area contributed by atoms with Crippen molar-refractivity contribution in [3.8, 4) is 0 Å². The third-order valence-electron chi connectivity index (χ3n) is 2.90. The highest BCUT2D eigenvalue weighted by molar-refractivity contribution is 7.16. The fourth-order valence-corrected chi connectivity index (χ4v) is 3.00. The molecule has 0 aliphatic heterocycles. The van der Waals surface area contributed by atoms with Crippen molar-refractivity contribution in [2.75, 3.05) is 11.4 Å². The van der Waals surface area contributed by atoms with Crippen LogP contribution in [0.3, 0.4) is 0 Å². The van der Waals surface area contributed by atoms with Crippen molar-refractivity contribution in [1.29, 1.82) is 0 Å². The summed E-state index contributed by atoms with van der Waals surface area (Å²) in [6.07, 6.45) is 3.20. The SMILES string of the molecule is C=CCN(c1sc([C@H](C)O)cc1[N+](=O)[O-])C1CC1. The molecule has 1 aromatic rings. The first-order valence-electron chi connectivity index (χ1n) is 5.88. The summed E-state index contributed by atoms with van der Waals surface area (Å²) < 4.78 is 0. The zero-order chi connectivity index (χ0) is 13.3. The minimum Gasteiger partial charge on any atom is -0.388 e. The highest BCUT2D eigenvalue weighted by Crippen LogP contribution is 2.44. The van der Waals surface area contributed by atoms with E-state index in [9.17, 15) is 15.2 Å². The molecule has 0 saturated heterocycles. The van der Waals surface area contributed by atoms with Crippen molar-refractivity contribution in [3.63, 3.8) is 0 Å². The summed E-state index contributed by atoms with van der Waals surface area (Å²) in [4.78, 5) is 13.4. The maximum absolute atomic E-state index is 11.1. The summed E-state index contributed by atoms with van der Waals surface area (Å²) in [5.74, 6) is 0. The fourth-order valence-electron chi connectivity index (χ4n) is 1.86. The predicted molar refractivity (Wildman–Crippen MR) is 72.2 cm³/mol. The van der Waals surface area contributed by atoms with Crippen molar-refractivity contribution in [1.82, 2.24) is 0 Å². The Morgan fingerprint density at radius 2 is 2.44 bits per heavy atom. The van der Waals surface area contributed by atoms with Gasteiger partial charge in [0.25, 0.3) is 0 Å². The summed E-state index contributed by atoms with van der Waals surface area (Å²) in [6.45, 7) is 5.92. The lowest BCUT2D eigenvalue weighted by Gasteiger charge is -2.20. The van der Waals surface area contributed by atoms with Gasteiger partial charge in [-0.3, -0.25) is 10.1 Å². The Balaban J connectivity index is 2.39. The second kappa shape index (κ2) is 5.07. The van der Waals surface area contributed by atoms with Crippen LogP contribution in [0.4, 0.5) is 10.7 Å². The lowest BCUT2D eigenvalue weighted by Crippen LogP contribution is -2.25. The zero-order valence-corrected chi connectivity index (χ0v) is 11.0. The molecular weight excluding hydrogens is 252 g/mol. The molecule has 1 heterocycles. The maximum Gasteiger partial charge on any atom is 0.304 e. The number of hydrogen-bond acceptors (Lipinski definition) is 5. The van der Waals surface area contributed by atoms with Crippen LogP contribution in [0.2, 0.25) is 0 Å². The highest BCUT2D eigenvalue weighted by Gasteiger charge is 2.34. The zero-order valence-electron chi connectivity index (χ0n) is 10.2. The van der Waals surface area contributed by atoms with Gasteiger partial charge in [-0.1, -0.05) is 6.08 Å². The highest BCUT2D eigenvalue weighted by atomic mass is 32.1. The number of nitrogens with zero attached hydrogens (tertiary/aromatic N) is 2. The van der Waals surface area contributed by atoms with E-state index in [0.29, 0.717) is 22.5 Å². The van der Waals surface area contributed by atoms with Gasteiger partial charge in [0.2, 0.25) is 0 Å². The lowest BCUT2D eigenvalue weighted by molar-refractivity contribution is -0.383. The molecule has 1 fully saturated rings. The number of anilines is 1. The van der Waals surface area contributed by atoms with E-state index in [1.165, 1.54) is 17.4 Å². The van der Waals surface area contributed by atoms with Gasteiger partial charge in [0.05, 0.1) is 11.0 Å². The van der Waals surface area contributed by atoms with Gasteiger partial charge in [0.1, 0.15) is 0 Å². The molecule has 1 saturated carbocycles. The number of nitro groups is 1. The van der Waals surface area contributed by atoms with E-state index in [1.54, 1.807) is 13.0 Å². The minimum absolute atomic E-state index is 0.0876. The van der Waals surface area contributed by atoms with Crippen LogP contribution in [0, 0.1) is 10.1 Å². The van der Waals surface area contributed by atoms with Gasteiger partial charge in [-0.25, -0.2) is 0 Å². The molecule has 1 aliphatic rings. The smallest absolute Gasteiger partial charge is 0.304 e. The topological polar surface area (TPSA) is 66.6 Å². The maximum atomic E-state index is 11.1. The van der Waals surface area contributed by atoms with E-state index in [1.807, 2.05) is 4.90 Å². The Bertz CT molecular complexity index is 466. The number of thiophene rings is 1. The van der Waals surface area contributed by atoms with Crippen molar-refractivity contribution in [2.45, 2.75) is 31.9 Å². The van der Waals surface area contributed by atoms with Gasteiger partial charge in [0, 0.05) is 23.5 Å². The van der Waals surface area contributed by atoms with Crippen LogP contribution >= 0.6 is 11.3 Å². The molecule has 98 valence electrons. The number of aliphatic hydroxyl groups excluding tert-OH is 1. The van der Waals surface area contributed by atoms with Gasteiger partial charge in [-0.05, 0) is 19.8 Å². The molecule has 6 heteroatoms. The monoisotopic (exact) mass is 268 g/mol. The molecule has 0 aromatic carbocycles. The first-order valence-corrected chi connectivity index (χ1v) is 6.70. The summed E-state index contributed by atoms with van der Waals surface area (Å²) >= 11 is 1.30. The molecule has 18 heavy (non-hydrogen) atoms. The molecule has 0 bridgehead atoms. The van der Waals surface area contributed by atoms with E-state index in [-0.39, 0.29) is 10.6 Å². The van der Waals surface area contributed by atoms with Crippen LogP contribution in [0.15, 0.2) is 18.7 Å². The van der Waals surface area contributed by atoms with Crippen LogP contribution in [-0.4, -0.2) is 22.6 Å². The average Bonchev–Trinajstić information content (AvgIpc) is 3.03. The molecule has 1 atom stereocenters. The molecule has 0 spiro atoms. The molecule has 2 rings (SSSR count). The first-order chi connectivity index (χ1) is 8.54. The average molecular weight is 268 g/mol. The third kappa shape index (κ3) is 2.54. The summed E-state index contributed by atoms with van der Waals surface area (Å²) in [5, 5.41) is 21.3. The Hall–Kier alpha value is -1.40. The first kappa shape index (κ1) is 13.0. The summed E-state index contributed by atoms with van der Waals surface area (Å²) in [6, 6.07) is 1.85. The Labute approximate surface area is 110 Å². The predicted octanol–water partition coefficient (Wildman–Crippen LogP) is 2.86. The molecule has 1 aromatic heterocycles. The van der Waals surface area contributed by atoms with Crippen molar-refractivity contribution >= 4 is 22.0 Å². The third-order valence-corrected chi connectivity index (χ3v) is 4.23. The summed E-state index contributed by atoms with van der Waals surface area (Å²) in [7, 11) is 0. The summed E-state index contributed by atoms with van der Waals surface area (Å²) in [5.41, 5.74) is 0.0876. The number of rotatable bonds is 6. The standard InChI is InChI=1S/C12H16N2O3S/c1-3-6-13(9-4-5-9)12-10(14(16)17)7-11(18-12)8(2)15/h3,7-9,15H,1,4-6H2,2H3/t8-/m0/s1. The molecular formula is C12H16N2O3S. The second-order valence-electron chi connectivity index (χ2n) is 4.44. The second-order valence-corrected chi connectivity index (χ2v) is 5.51. The van der Waals surface area contributed by atoms with Gasteiger partial charge < -0.3 is 10.0 Å². The fraction of sp³-hybridized carbons (Fsp3) is 0.500. The van der Waals surface area contributed by atoms with E-state index in [0.717, 1.165) is 12.8 Å². The van der Waals surface area contributed by atoms with Gasteiger partial charge in [-0.15, -0.1) is 17.9 Å². The molecule has 0 radical (unpaired) electrons. The van der Waals surface area contributed by atoms with E-state index in [4.69, 9.17) is 0 Å². The van der Waals surface area contributed by atoms with Crippen LogP contribution in [0.25, 0.3) is 0 Å². The molecule has 0 amide bonds. The van der Waals surface area contributed by atoms with Gasteiger partial charge in [0.15, 0.2) is 5.00 Å². The van der Waals surface area contributed by atoms with Crippen molar-refractivity contribution in [3.05, 3.63) is 33.7 Å². The Kier molecular flexibility index (Phi) is 3.68. The minimum atomic E-state index is -0.674. The van der Waals surface area contributed by atoms with Crippen LogP contribution in [0.1, 0.15) is 30.7 Å². The number of aliphatic hydroxyl groups is 1. The van der Waals surface area contributed by atoms with E-state index in [2.05, 4.69) is 6.58 Å². The normalized spacial score (nSPS) is 16.3. The number of hydrogen-bond donors (Lipinski definition) is 1. The Morgan fingerprint density at radius 3 is 2.89 bits per heavy atom.